The number of ketones is 1. The van der Waals surface area contributed by atoms with Crippen molar-refractivity contribution in [3.8, 4) is 11.5 Å². The summed E-state index contributed by atoms with van der Waals surface area (Å²) in [6, 6.07) is 21.4. The first-order valence-electron chi connectivity index (χ1n) is 10.3. The molecule has 0 spiro atoms. The largest absolute Gasteiger partial charge is 0.494 e. The highest BCUT2D eigenvalue weighted by Gasteiger charge is 2.23. The Kier molecular flexibility index (Phi) is 6.22. The maximum absolute atomic E-state index is 13.2. The molecule has 0 aliphatic carbocycles. The molecule has 1 aromatic heterocycles. The average molecular weight is 429 g/mol. The van der Waals surface area contributed by atoms with Crippen molar-refractivity contribution in [3.05, 3.63) is 89.7 Å². The molecule has 1 N–H and O–H groups in total. The average Bonchev–Trinajstić information content (AvgIpc) is 3.17. The van der Waals surface area contributed by atoms with Gasteiger partial charge in [-0.1, -0.05) is 30.3 Å². The Bertz CT molecular complexity index is 1260. The van der Waals surface area contributed by atoms with Crippen LogP contribution in [0.5, 0.6) is 11.5 Å². The molecule has 3 aromatic carbocycles. The molecule has 6 heteroatoms. The number of furan rings is 1. The quantitative estimate of drug-likeness (QED) is 0.380. The van der Waals surface area contributed by atoms with E-state index in [2.05, 4.69) is 5.32 Å². The molecule has 0 unspecified atom stereocenters. The topological polar surface area (TPSA) is 77.8 Å². The Morgan fingerprint density at radius 3 is 2.38 bits per heavy atom. The van der Waals surface area contributed by atoms with Crippen LogP contribution in [-0.4, -0.2) is 24.9 Å². The monoisotopic (exact) mass is 429 g/mol. The molecule has 0 saturated carbocycles. The number of rotatable bonds is 8. The Hall–Kier alpha value is -4.06. The molecule has 0 fully saturated rings. The van der Waals surface area contributed by atoms with E-state index < -0.39 is 0 Å². The van der Waals surface area contributed by atoms with E-state index in [4.69, 9.17) is 13.9 Å². The zero-order valence-corrected chi connectivity index (χ0v) is 17.9. The molecule has 1 amide bonds. The summed E-state index contributed by atoms with van der Waals surface area (Å²) in [6.45, 7) is 4.15. The number of amides is 1. The number of nitrogens with one attached hydrogen (secondary N) is 1. The summed E-state index contributed by atoms with van der Waals surface area (Å²) in [5.74, 6) is 0.653. The molecule has 162 valence electrons. The molecular weight excluding hydrogens is 406 g/mol. The van der Waals surface area contributed by atoms with Crippen LogP contribution in [0.4, 0.5) is 5.69 Å². The lowest BCUT2D eigenvalue weighted by atomic mass is 10.1. The number of para-hydroxylation sites is 2. The third kappa shape index (κ3) is 4.49. The van der Waals surface area contributed by atoms with Gasteiger partial charge in [0.2, 0.25) is 5.78 Å². The number of hydrogen-bond acceptors (Lipinski definition) is 5. The lowest BCUT2D eigenvalue weighted by molar-refractivity contribution is -0.118. The van der Waals surface area contributed by atoms with Crippen LogP contribution in [0, 0.1) is 6.92 Å². The van der Waals surface area contributed by atoms with Crippen molar-refractivity contribution < 1.29 is 23.5 Å². The molecule has 0 aliphatic rings. The molecular formula is C26H23NO5. The van der Waals surface area contributed by atoms with E-state index >= 15 is 0 Å². The van der Waals surface area contributed by atoms with Gasteiger partial charge in [-0.15, -0.1) is 0 Å². The zero-order chi connectivity index (χ0) is 22.5. The normalized spacial score (nSPS) is 10.7. The summed E-state index contributed by atoms with van der Waals surface area (Å²) in [5.41, 5.74) is 2.20. The minimum absolute atomic E-state index is 0.0691. The third-order valence-corrected chi connectivity index (χ3v) is 4.95. The highest BCUT2D eigenvalue weighted by molar-refractivity contribution is 6.17. The fourth-order valence-electron chi connectivity index (χ4n) is 3.37. The zero-order valence-electron chi connectivity index (χ0n) is 17.9. The van der Waals surface area contributed by atoms with Gasteiger partial charge in [-0.05, 0) is 61.9 Å². The fraction of sp³-hybridized carbons (Fsp3) is 0.154. The van der Waals surface area contributed by atoms with Gasteiger partial charge in [-0.3, -0.25) is 9.59 Å². The van der Waals surface area contributed by atoms with Crippen LogP contribution in [0.1, 0.15) is 28.6 Å². The Labute approximate surface area is 185 Å². The van der Waals surface area contributed by atoms with Crippen molar-refractivity contribution in [1.29, 1.82) is 0 Å². The summed E-state index contributed by atoms with van der Waals surface area (Å²) in [6.07, 6.45) is 0. The number of aryl methyl sites for hydroxylation is 1. The van der Waals surface area contributed by atoms with Gasteiger partial charge in [0.15, 0.2) is 12.4 Å². The van der Waals surface area contributed by atoms with E-state index in [1.165, 1.54) is 0 Å². The minimum atomic E-state index is -0.388. The highest BCUT2D eigenvalue weighted by Crippen LogP contribution is 2.33. The van der Waals surface area contributed by atoms with Crippen LogP contribution in [0.25, 0.3) is 11.0 Å². The molecule has 32 heavy (non-hydrogen) atoms. The van der Waals surface area contributed by atoms with Crippen molar-refractivity contribution in [3.63, 3.8) is 0 Å². The molecule has 1 heterocycles. The number of fused-ring (bicyclic) bond motifs is 1. The number of carbonyl (C=O) groups excluding carboxylic acids is 2. The van der Waals surface area contributed by atoms with E-state index in [1.54, 1.807) is 42.5 Å². The predicted molar refractivity (Wildman–Crippen MR) is 123 cm³/mol. The van der Waals surface area contributed by atoms with E-state index in [-0.39, 0.29) is 24.1 Å². The third-order valence-electron chi connectivity index (χ3n) is 4.95. The van der Waals surface area contributed by atoms with Crippen molar-refractivity contribution in [2.75, 3.05) is 18.5 Å². The molecule has 0 saturated heterocycles. The van der Waals surface area contributed by atoms with E-state index in [0.717, 1.165) is 5.56 Å². The summed E-state index contributed by atoms with van der Waals surface area (Å²) in [4.78, 5) is 25.9. The maximum atomic E-state index is 13.2. The van der Waals surface area contributed by atoms with E-state index in [0.29, 0.717) is 40.3 Å². The van der Waals surface area contributed by atoms with Gasteiger partial charge in [0.25, 0.3) is 5.91 Å². The van der Waals surface area contributed by atoms with Gasteiger partial charge >= 0.3 is 0 Å². The van der Waals surface area contributed by atoms with Gasteiger partial charge in [0.05, 0.1) is 12.3 Å². The molecule has 4 rings (SSSR count). The Morgan fingerprint density at radius 1 is 0.906 bits per heavy atom. The number of carbonyl (C=O) groups is 2. The summed E-state index contributed by atoms with van der Waals surface area (Å²) in [5, 5.41) is 3.45. The molecule has 0 radical (unpaired) electrons. The Balaban J connectivity index is 1.59. The van der Waals surface area contributed by atoms with Gasteiger partial charge in [-0.25, -0.2) is 0 Å². The second kappa shape index (κ2) is 9.39. The van der Waals surface area contributed by atoms with Crippen LogP contribution in [0.2, 0.25) is 0 Å². The summed E-state index contributed by atoms with van der Waals surface area (Å²) >= 11 is 0. The van der Waals surface area contributed by atoms with Crippen molar-refractivity contribution in [2.45, 2.75) is 13.8 Å². The van der Waals surface area contributed by atoms with E-state index in [9.17, 15) is 9.59 Å². The van der Waals surface area contributed by atoms with E-state index in [1.807, 2.05) is 44.2 Å². The van der Waals surface area contributed by atoms with Crippen molar-refractivity contribution in [2.24, 2.45) is 0 Å². The summed E-state index contributed by atoms with van der Waals surface area (Å²) in [7, 11) is 0. The van der Waals surface area contributed by atoms with Gasteiger partial charge in [0.1, 0.15) is 17.1 Å². The highest BCUT2D eigenvalue weighted by atomic mass is 16.5. The predicted octanol–water partition coefficient (Wildman–Crippen LogP) is 5.39. The molecule has 0 atom stereocenters. The lowest BCUT2D eigenvalue weighted by Crippen LogP contribution is -2.21. The standard InChI is InChI=1S/C26H23NO5/c1-3-30-19-14-12-18(13-15-19)25(29)26-24(20-9-5-7-11-22(20)32-26)27-23(28)16-31-21-10-6-4-8-17(21)2/h4-15H,3,16H2,1-2H3,(H,27,28). The van der Waals surface area contributed by atoms with Gasteiger partial charge in [-0.2, -0.15) is 0 Å². The minimum Gasteiger partial charge on any atom is -0.494 e. The SMILES string of the molecule is CCOc1ccc(C(=O)c2oc3ccccc3c2NC(=O)COc2ccccc2C)cc1. The molecule has 0 aliphatic heterocycles. The first-order valence-corrected chi connectivity index (χ1v) is 10.3. The Morgan fingerprint density at radius 2 is 1.62 bits per heavy atom. The lowest BCUT2D eigenvalue weighted by Gasteiger charge is -2.10. The smallest absolute Gasteiger partial charge is 0.262 e. The second-order valence-corrected chi connectivity index (χ2v) is 7.19. The maximum Gasteiger partial charge on any atom is 0.262 e. The molecule has 0 bridgehead atoms. The molecule has 4 aromatic rings. The van der Waals surface area contributed by atoms with Crippen molar-refractivity contribution in [1.82, 2.24) is 0 Å². The first kappa shape index (κ1) is 21.2. The number of ether oxygens (including phenoxy) is 2. The second-order valence-electron chi connectivity index (χ2n) is 7.19. The summed E-state index contributed by atoms with van der Waals surface area (Å²) < 4.78 is 16.9. The number of anilines is 1. The number of benzene rings is 3. The van der Waals surface area contributed by atoms with Crippen LogP contribution in [0.3, 0.4) is 0 Å². The van der Waals surface area contributed by atoms with Crippen LogP contribution in [0.15, 0.2) is 77.2 Å². The van der Waals surface area contributed by atoms with Crippen molar-refractivity contribution >= 4 is 28.3 Å². The first-order chi connectivity index (χ1) is 15.6. The fourth-order valence-corrected chi connectivity index (χ4v) is 3.37. The number of hydrogen-bond donors (Lipinski definition) is 1. The van der Waals surface area contributed by atoms with Gasteiger partial charge in [0, 0.05) is 10.9 Å². The van der Waals surface area contributed by atoms with Crippen LogP contribution >= 0.6 is 0 Å². The molecule has 6 nitrogen and oxygen atoms in total. The van der Waals surface area contributed by atoms with Crippen LogP contribution in [-0.2, 0) is 4.79 Å². The van der Waals surface area contributed by atoms with Gasteiger partial charge < -0.3 is 19.2 Å². The van der Waals surface area contributed by atoms with Crippen LogP contribution < -0.4 is 14.8 Å².